The molecule has 0 aliphatic rings. The van der Waals surface area contributed by atoms with Gasteiger partial charge in [-0.25, -0.2) is 4.98 Å². The lowest BCUT2D eigenvalue weighted by molar-refractivity contribution is 0.535. The van der Waals surface area contributed by atoms with Crippen molar-refractivity contribution in [3.05, 3.63) is 71.2 Å². The number of hydrogen-bond acceptors (Lipinski definition) is 3. The number of nitrogens with zero attached hydrogens (tertiary/aromatic N) is 3. The summed E-state index contributed by atoms with van der Waals surface area (Å²) in [4.78, 5) is 15.4. The molecule has 0 bridgehead atoms. The summed E-state index contributed by atoms with van der Waals surface area (Å²) in [6, 6.07) is 14.6. The lowest BCUT2D eigenvalue weighted by atomic mass is 10.4. The first-order valence-electron chi connectivity index (χ1n) is 6.65. The highest BCUT2D eigenvalue weighted by Gasteiger charge is 2.37. The summed E-state index contributed by atoms with van der Waals surface area (Å²) in [6.07, 6.45) is 3.43. The second-order valence-electron chi connectivity index (χ2n) is 4.97. The van der Waals surface area contributed by atoms with Gasteiger partial charge < -0.3 is 4.80 Å². The Balaban J connectivity index is 2.08. The minimum Gasteiger partial charge on any atom is -0.423 e. The van der Waals surface area contributed by atoms with Crippen LogP contribution in [0.3, 0.4) is 0 Å². The Labute approximate surface area is 139 Å². The van der Waals surface area contributed by atoms with Gasteiger partial charge in [0.25, 0.3) is 8.32 Å². The molecule has 0 spiro atoms. The monoisotopic (exact) mass is 349 g/mol. The second-order valence-corrected chi connectivity index (χ2v) is 9.03. The molecule has 1 heterocycles. The predicted octanol–water partition coefficient (Wildman–Crippen LogP) is 1.88. The van der Waals surface area contributed by atoms with Gasteiger partial charge in [-0.05, 0) is 34.6 Å². The molecule has 0 amide bonds. The van der Waals surface area contributed by atoms with Crippen LogP contribution in [0.5, 0.6) is 0 Å². The number of hydrogen-bond donors (Lipinski definition) is 1. The van der Waals surface area contributed by atoms with E-state index < -0.39 is 8.32 Å². The van der Waals surface area contributed by atoms with E-state index in [1.54, 1.807) is 35.3 Å². The maximum absolute atomic E-state index is 11.5. The fourth-order valence-corrected chi connectivity index (χ4v) is 5.37. The molecule has 22 heavy (non-hydrogen) atoms. The largest absolute Gasteiger partial charge is 0.423 e. The van der Waals surface area contributed by atoms with Crippen LogP contribution in [0.15, 0.2) is 61.2 Å². The summed E-state index contributed by atoms with van der Waals surface area (Å²) in [7, 11) is -3.01. The van der Waals surface area contributed by atoms with Crippen LogP contribution in [0.25, 0.3) is 0 Å². The van der Waals surface area contributed by atoms with Gasteiger partial charge in [0.1, 0.15) is 12.7 Å². The minimum absolute atomic E-state index is 0.371. The predicted molar refractivity (Wildman–Crippen MR) is 90.2 cm³/mol. The average Bonchev–Trinajstić information content (AvgIpc) is 3.01. The van der Waals surface area contributed by atoms with Crippen LogP contribution in [-0.4, -0.2) is 27.9 Å². The van der Waals surface area contributed by atoms with E-state index in [4.69, 9.17) is 23.2 Å². The maximum atomic E-state index is 11.5. The van der Waals surface area contributed by atoms with Gasteiger partial charge in [-0.15, -0.1) is 0 Å². The zero-order valence-electron chi connectivity index (χ0n) is 11.5. The van der Waals surface area contributed by atoms with Crippen molar-refractivity contribution in [3.8, 4) is 0 Å². The van der Waals surface area contributed by atoms with Crippen molar-refractivity contribution in [2.45, 2.75) is 6.17 Å². The van der Waals surface area contributed by atoms with Crippen LogP contribution in [0, 0.1) is 0 Å². The van der Waals surface area contributed by atoms with Gasteiger partial charge in [-0.2, -0.15) is 5.10 Å². The van der Waals surface area contributed by atoms with Crippen LogP contribution in [0.2, 0.25) is 10.0 Å². The second kappa shape index (κ2) is 6.22. The third-order valence-electron chi connectivity index (χ3n) is 3.50. The highest BCUT2D eigenvalue weighted by atomic mass is 35.5. The lowest BCUT2D eigenvalue weighted by Gasteiger charge is -2.26. The Kier molecular flexibility index (Phi) is 4.31. The first kappa shape index (κ1) is 15.2. The zero-order valence-corrected chi connectivity index (χ0v) is 14.0. The van der Waals surface area contributed by atoms with Crippen LogP contribution in [0.4, 0.5) is 0 Å². The number of rotatable bonds is 4. The van der Waals surface area contributed by atoms with E-state index in [-0.39, 0.29) is 0 Å². The maximum Gasteiger partial charge on any atom is 0.274 e. The van der Waals surface area contributed by atoms with Gasteiger partial charge in [0, 0.05) is 10.0 Å². The Morgan fingerprint density at radius 3 is 1.82 bits per heavy atom. The molecule has 1 aromatic heterocycles. The van der Waals surface area contributed by atoms with Gasteiger partial charge >= 0.3 is 0 Å². The lowest BCUT2D eigenvalue weighted by Crippen LogP contribution is -2.62. The molecule has 7 heteroatoms. The highest BCUT2D eigenvalue weighted by molar-refractivity contribution is 6.95. The minimum atomic E-state index is -3.01. The summed E-state index contributed by atoms with van der Waals surface area (Å²) in [6.45, 7) is 0. The molecular weight excluding hydrogens is 337 g/mol. The molecule has 0 atom stereocenters. The summed E-state index contributed by atoms with van der Waals surface area (Å²) >= 11 is 11.9. The van der Waals surface area contributed by atoms with Crippen molar-refractivity contribution >= 4 is 41.9 Å². The van der Waals surface area contributed by atoms with E-state index in [9.17, 15) is 4.80 Å². The van der Waals surface area contributed by atoms with E-state index in [1.807, 2.05) is 24.3 Å². The van der Waals surface area contributed by atoms with Gasteiger partial charge in [-0.3, -0.25) is 4.68 Å². The molecule has 2 aromatic carbocycles. The van der Waals surface area contributed by atoms with Crippen LogP contribution >= 0.6 is 23.2 Å². The van der Waals surface area contributed by atoms with Gasteiger partial charge in [-0.1, -0.05) is 47.5 Å². The first-order chi connectivity index (χ1) is 10.6. The van der Waals surface area contributed by atoms with E-state index in [2.05, 4.69) is 10.1 Å². The van der Waals surface area contributed by atoms with Crippen molar-refractivity contribution < 1.29 is 4.80 Å². The summed E-state index contributed by atoms with van der Waals surface area (Å²) < 4.78 is 1.65. The Hall–Kier alpha value is -1.66. The number of benzene rings is 2. The molecular formula is C15H13Cl2N3OSi. The SMILES string of the molecule is O[Si](Cn1cncn1)(c1ccc(Cl)cc1)c1ccc(Cl)cc1. The molecule has 0 radical (unpaired) electrons. The van der Waals surface area contributed by atoms with Crippen molar-refractivity contribution in [3.63, 3.8) is 0 Å². The first-order valence-corrected chi connectivity index (χ1v) is 9.56. The van der Waals surface area contributed by atoms with Crippen LogP contribution < -0.4 is 10.4 Å². The van der Waals surface area contributed by atoms with Gasteiger partial charge in [0.2, 0.25) is 0 Å². The summed E-state index contributed by atoms with van der Waals surface area (Å²) in [5, 5.41) is 7.10. The molecule has 4 nitrogen and oxygen atoms in total. The fraction of sp³-hybridized carbons (Fsp3) is 0.0667. The smallest absolute Gasteiger partial charge is 0.274 e. The molecule has 0 aliphatic carbocycles. The topological polar surface area (TPSA) is 50.9 Å². The molecule has 0 saturated heterocycles. The summed E-state index contributed by atoms with van der Waals surface area (Å²) in [5.41, 5.74) is 0. The Morgan fingerprint density at radius 1 is 0.909 bits per heavy atom. The van der Waals surface area contributed by atoms with Crippen LogP contribution in [-0.2, 0) is 6.17 Å². The van der Waals surface area contributed by atoms with Crippen molar-refractivity contribution in [1.82, 2.24) is 14.8 Å². The van der Waals surface area contributed by atoms with Crippen molar-refractivity contribution in [2.75, 3.05) is 0 Å². The van der Waals surface area contributed by atoms with E-state index in [0.717, 1.165) is 10.4 Å². The van der Waals surface area contributed by atoms with E-state index in [1.165, 1.54) is 6.33 Å². The average molecular weight is 350 g/mol. The zero-order chi connectivity index (χ0) is 15.6. The molecule has 0 fully saturated rings. The molecule has 112 valence electrons. The Bertz CT molecular complexity index is 700. The molecule has 0 unspecified atom stereocenters. The van der Waals surface area contributed by atoms with Gasteiger partial charge in [0.05, 0.1) is 6.17 Å². The summed E-state index contributed by atoms with van der Waals surface area (Å²) in [5.74, 6) is 0. The molecule has 0 saturated carbocycles. The highest BCUT2D eigenvalue weighted by Crippen LogP contribution is 2.12. The molecule has 3 rings (SSSR count). The van der Waals surface area contributed by atoms with Crippen molar-refractivity contribution in [2.24, 2.45) is 0 Å². The molecule has 3 aromatic rings. The van der Waals surface area contributed by atoms with E-state index in [0.29, 0.717) is 16.2 Å². The number of halogens is 2. The van der Waals surface area contributed by atoms with E-state index >= 15 is 0 Å². The van der Waals surface area contributed by atoms with Gasteiger partial charge in [0.15, 0.2) is 0 Å². The number of aromatic nitrogens is 3. The fourth-order valence-electron chi connectivity index (χ4n) is 2.35. The third-order valence-corrected chi connectivity index (χ3v) is 7.36. The quantitative estimate of drug-likeness (QED) is 0.731. The third kappa shape index (κ3) is 3.07. The van der Waals surface area contributed by atoms with Crippen LogP contribution in [0.1, 0.15) is 0 Å². The Morgan fingerprint density at radius 2 is 1.41 bits per heavy atom. The van der Waals surface area contributed by atoms with Crippen molar-refractivity contribution in [1.29, 1.82) is 0 Å². The normalized spacial score (nSPS) is 11.6. The standard InChI is InChI=1S/C15H13Cl2N3OSi/c16-12-1-5-14(6-2-12)22(21,11-20-10-18-9-19-20)15-7-3-13(17)4-8-15/h1-10,21H,11H2. The molecule has 1 N–H and O–H groups in total. The molecule has 0 aliphatic heterocycles.